The third-order valence-electron chi connectivity index (χ3n) is 4.31. The van der Waals surface area contributed by atoms with Crippen LogP contribution in [0.15, 0.2) is 30.3 Å². The lowest BCUT2D eigenvalue weighted by molar-refractivity contribution is -0.125. The van der Waals surface area contributed by atoms with E-state index in [1.54, 1.807) is 35.0 Å². The summed E-state index contributed by atoms with van der Waals surface area (Å²) in [5.41, 5.74) is 0.725. The van der Waals surface area contributed by atoms with E-state index in [2.05, 4.69) is 28.0 Å². The first-order valence-electron chi connectivity index (χ1n) is 9.24. The molecular weight excluding hydrogens is 382 g/mol. The quantitative estimate of drug-likeness (QED) is 0.657. The molecule has 8 nitrogen and oxygen atoms in total. The lowest BCUT2D eigenvalue weighted by Gasteiger charge is -2.32. The molecule has 2 amide bonds. The van der Waals surface area contributed by atoms with Crippen LogP contribution in [0.5, 0.6) is 5.75 Å². The van der Waals surface area contributed by atoms with Crippen LogP contribution in [0.2, 0.25) is 5.02 Å². The molecule has 1 aromatic heterocycles. The molecule has 1 fully saturated rings. The molecule has 1 saturated heterocycles. The van der Waals surface area contributed by atoms with Gasteiger partial charge in [-0.25, -0.2) is 4.68 Å². The van der Waals surface area contributed by atoms with E-state index in [1.165, 1.54) is 0 Å². The van der Waals surface area contributed by atoms with E-state index in [0.29, 0.717) is 23.0 Å². The predicted octanol–water partition coefficient (Wildman–Crippen LogP) is 2.60. The zero-order valence-electron chi connectivity index (χ0n) is 15.9. The third kappa shape index (κ3) is 5.24. The summed E-state index contributed by atoms with van der Waals surface area (Å²) in [5.74, 6) is 0.659. The molecule has 0 saturated carbocycles. The molecule has 0 radical (unpaired) electrons. The summed E-state index contributed by atoms with van der Waals surface area (Å²) in [6.07, 6.45) is 1.78. The van der Waals surface area contributed by atoms with E-state index < -0.39 is 6.29 Å². The first kappa shape index (κ1) is 20.2. The van der Waals surface area contributed by atoms with Crippen molar-refractivity contribution in [3.8, 4) is 5.75 Å². The van der Waals surface area contributed by atoms with Gasteiger partial charge < -0.3 is 15.4 Å². The van der Waals surface area contributed by atoms with Crippen molar-refractivity contribution in [1.82, 2.24) is 20.4 Å². The number of carbonyl (C=O) groups excluding carboxylic acids is 2. The minimum absolute atomic E-state index is 0.0429. The molecule has 1 aliphatic heterocycles. The summed E-state index contributed by atoms with van der Waals surface area (Å²) in [4.78, 5) is 24.4. The summed E-state index contributed by atoms with van der Waals surface area (Å²) in [5, 5.41) is 14.0. The number of nitrogens with zero attached hydrogens (tertiary/aromatic N) is 2. The highest BCUT2D eigenvalue weighted by molar-refractivity contribution is 6.30. The molecule has 3 N–H and O–H groups in total. The van der Waals surface area contributed by atoms with Gasteiger partial charge in [-0.15, -0.1) is 0 Å². The Labute approximate surface area is 168 Å². The second kappa shape index (κ2) is 9.07. The van der Waals surface area contributed by atoms with Crippen molar-refractivity contribution >= 4 is 29.2 Å². The number of carbonyl (C=O) groups is 2. The molecule has 1 aliphatic rings. The fraction of sp³-hybridized carbons (Fsp3) is 0.421. The number of halogens is 1. The molecule has 0 aliphatic carbocycles. The number of benzene rings is 1. The monoisotopic (exact) mass is 405 g/mol. The highest BCUT2D eigenvalue weighted by atomic mass is 35.5. The van der Waals surface area contributed by atoms with E-state index >= 15 is 0 Å². The Morgan fingerprint density at radius 2 is 2.14 bits per heavy atom. The van der Waals surface area contributed by atoms with E-state index in [0.717, 1.165) is 18.5 Å². The number of hydrogen-bond donors (Lipinski definition) is 3. The Balaban J connectivity index is 1.65. The van der Waals surface area contributed by atoms with Crippen LogP contribution in [0.1, 0.15) is 38.2 Å². The SMILES string of the molecule is CCCC1CC(=O)NC(n2nc(C)cc2NC(=O)COc2ccc(Cl)cc2)N1. The molecule has 150 valence electrons. The number of amides is 2. The topological polar surface area (TPSA) is 97.3 Å². The van der Waals surface area contributed by atoms with Crippen molar-refractivity contribution in [2.24, 2.45) is 0 Å². The van der Waals surface area contributed by atoms with Crippen molar-refractivity contribution in [3.63, 3.8) is 0 Å². The van der Waals surface area contributed by atoms with Crippen LogP contribution in [-0.4, -0.2) is 34.2 Å². The normalized spacial score (nSPS) is 19.2. The summed E-state index contributed by atoms with van der Waals surface area (Å²) in [6.45, 7) is 3.74. The number of rotatable bonds is 7. The van der Waals surface area contributed by atoms with Gasteiger partial charge in [0, 0.05) is 23.6 Å². The van der Waals surface area contributed by atoms with Crippen LogP contribution in [0.3, 0.4) is 0 Å². The van der Waals surface area contributed by atoms with E-state index in [4.69, 9.17) is 16.3 Å². The molecule has 1 aromatic carbocycles. The lowest BCUT2D eigenvalue weighted by Crippen LogP contribution is -2.53. The van der Waals surface area contributed by atoms with Gasteiger partial charge in [-0.2, -0.15) is 5.10 Å². The maximum absolute atomic E-state index is 12.3. The van der Waals surface area contributed by atoms with Crippen LogP contribution in [-0.2, 0) is 9.59 Å². The highest BCUT2D eigenvalue weighted by Gasteiger charge is 2.28. The maximum atomic E-state index is 12.3. The standard InChI is InChI=1S/C19H24ClN5O3/c1-3-4-14-10-17(26)23-19(21-14)25-16(9-12(2)24-25)22-18(27)11-28-15-7-5-13(20)6-8-15/h5-9,14,19,21H,3-4,10-11H2,1-2H3,(H,22,27)(H,23,26). The molecule has 0 spiro atoms. The minimum Gasteiger partial charge on any atom is -0.484 e. The molecule has 2 aromatic rings. The van der Waals surface area contributed by atoms with Crippen molar-refractivity contribution in [1.29, 1.82) is 0 Å². The van der Waals surface area contributed by atoms with Gasteiger partial charge in [-0.1, -0.05) is 24.9 Å². The highest BCUT2D eigenvalue weighted by Crippen LogP contribution is 2.19. The smallest absolute Gasteiger partial charge is 0.263 e. The molecular formula is C19H24ClN5O3. The average Bonchev–Trinajstić information content (AvgIpc) is 3.01. The van der Waals surface area contributed by atoms with Crippen LogP contribution < -0.4 is 20.7 Å². The molecule has 2 heterocycles. The zero-order valence-corrected chi connectivity index (χ0v) is 16.6. The van der Waals surface area contributed by atoms with Crippen molar-refractivity contribution in [2.75, 3.05) is 11.9 Å². The number of nitrogens with one attached hydrogen (secondary N) is 3. The number of anilines is 1. The fourth-order valence-corrected chi connectivity index (χ4v) is 3.22. The third-order valence-corrected chi connectivity index (χ3v) is 4.57. The number of aromatic nitrogens is 2. The summed E-state index contributed by atoms with van der Waals surface area (Å²) >= 11 is 5.84. The summed E-state index contributed by atoms with van der Waals surface area (Å²) in [6, 6.07) is 8.59. The van der Waals surface area contributed by atoms with Gasteiger partial charge in [0.1, 0.15) is 11.6 Å². The van der Waals surface area contributed by atoms with E-state index in [1.807, 2.05) is 6.92 Å². The first-order chi connectivity index (χ1) is 13.4. The van der Waals surface area contributed by atoms with E-state index in [-0.39, 0.29) is 24.5 Å². The molecule has 28 heavy (non-hydrogen) atoms. The van der Waals surface area contributed by atoms with Gasteiger partial charge in [0.05, 0.1) is 5.69 Å². The van der Waals surface area contributed by atoms with Crippen molar-refractivity contribution in [2.45, 2.75) is 45.4 Å². The van der Waals surface area contributed by atoms with Crippen LogP contribution >= 0.6 is 11.6 Å². The first-order valence-corrected chi connectivity index (χ1v) is 9.62. The summed E-state index contributed by atoms with van der Waals surface area (Å²) < 4.78 is 7.05. The van der Waals surface area contributed by atoms with Crippen LogP contribution in [0.25, 0.3) is 0 Å². The number of hydrogen-bond acceptors (Lipinski definition) is 5. The molecule has 9 heteroatoms. The van der Waals surface area contributed by atoms with Gasteiger partial charge in [-0.05, 0) is 37.6 Å². The Morgan fingerprint density at radius 3 is 2.86 bits per heavy atom. The van der Waals surface area contributed by atoms with E-state index in [9.17, 15) is 9.59 Å². The van der Waals surface area contributed by atoms with Gasteiger partial charge in [0.25, 0.3) is 5.91 Å². The van der Waals surface area contributed by atoms with Gasteiger partial charge >= 0.3 is 0 Å². The predicted molar refractivity (Wildman–Crippen MR) is 106 cm³/mol. The number of aryl methyl sites for hydroxylation is 1. The minimum atomic E-state index is -0.515. The second-order valence-corrected chi connectivity index (χ2v) is 7.17. The number of ether oxygens (including phenoxy) is 1. The molecule has 3 rings (SSSR count). The Kier molecular flexibility index (Phi) is 6.53. The molecule has 2 atom stereocenters. The average molecular weight is 406 g/mol. The van der Waals surface area contributed by atoms with Crippen molar-refractivity contribution < 1.29 is 14.3 Å². The van der Waals surface area contributed by atoms with Gasteiger partial charge in [0.15, 0.2) is 12.9 Å². The molecule has 2 unspecified atom stereocenters. The maximum Gasteiger partial charge on any atom is 0.263 e. The fourth-order valence-electron chi connectivity index (χ4n) is 3.09. The zero-order chi connectivity index (χ0) is 20.1. The van der Waals surface area contributed by atoms with Crippen molar-refractivity contribution in [3.05, 3.63) is 41.0 Å². The van der Waals surface area contributed by atoms with Crippen LogP contribution in [0, 0.1) is 6.92 Å². The Bertz CT molecular complexity index is 837. The van der Waals surface area contributed by atoms with Gasteiger partial charge in [-0.3, -0.25) is 14.9 Å². The van der Waals surface area contributed by atoms with Crippen LogP contribution in [0.4, 0.5) is 5.82 Å². The Morgan fingerprint density at radius 1 is 1.39 bits per heavy atom. The second-order valence-electron chi connectivity index (χ2n) is 6.73. The van der Waals surface area contributed by atoms with Gasteiger partial charge in [0.2, 0.25) is 5.91 Å². The molecule has 0 bridgehead atoms. The summed E-state index contributed by atoms with van der Waals surface area (Å²) in [7, 11) is 0. The lowest BCUT2D eigenvalue weighted by atomic mass is 10.1. The Hall–Kier alpha value is -2.58. The largest absolute Gasteiger partial charge is 0.484 e.